The average molecular weight is 383 g/mol. The van der Waals surface area contributed by atoms with Crippen LogP contribution < -0.4 is 5.32 Å². The first-order valence-corrected chi connectivity index (χ1v) is 8.97. The summed E-state index contributed by atoms with van der Waals surface area (Å²) in [6, 6.07) is 8.39. The third-order valence-electron chi connectivity index (χ3n) is 4.29. The van der Waals surface area contributed by atoms with Crippen molar-refractivity contribution < 1.29 is 19.1 Å². The predicted molar refractivity (Wildman–Crippen MR) is 101 cm³/mol. The Kier molecular flexibility index (Phi) is 6.15. The number of piperazine rings is 1. The summed E-state index contributed by atoms with van der Waals surface area (Å²) in [5.41, 5.74) is 1.09. The molecular weight excluding hydrogens is 362 g/mol. The molecule has 1 fully saturated rings. The number of para-hydroxylation sites is 1. The number of nitrogens with zero attached hydrogens (tertiary/aromatic N) is 4. The minimum atomic E-state index is -0.453. The van der Waals surface area contributed by atoms with E-state index in [1.807, 2.05) is 0 Å². The number of benzene rings is 1. The number of ether oxygens (including phenoxy) is 1. The first-order chi connectivity index (χ1) is 13.6. The number of hydrogen-bond donors (Lipinski definition) is 1. The summed E-state index contributed by atoms with van der Waals surface area (Å²) < 4.78 is 5.06. The molecule has 0 bridgehead atoms. The zero-order chi connectivity index (χ0) is 19.9. The summed E-state index contributed by atoms with van der Waals surface area (Å²) in [7, 11) is 0. The van der Waals surface area contributed by atoms with Crippen molar-refractivity contribution in [2.24, 2.45) is 0 Å². The molecule has 2 heterocycles. The lowest BCUT2D eigenvalue weighted by molar-refractivity contribution is -0.119. The van der Waals surface area contributed by atoms with E-state index in [9.17, 15) is 14.4 Å². The van der Waals surface area contributed by atoms with E-state index in [1.54, 1.807) is 41.0 Å². The zero-order valence-electron chi connectivity index (χ0n) is 15.5. The molecule has 146 valence electrons. The van der Waals surface area contributed by atoms with Gasteiger partial charge in [-0.25, -0.2) is 14.8 Å². The molecule has 28 heavy (non-hydrogen) atoms. The number of hydrogen-bond acceptors (Lipinski definition) is 7. The molecule has 2 aromatic rings. The third-order valence-corrected chi connectivity index (χ3v) is 4.29. The Balaban J connectivity index is 1.75. The van der Waals surface area contributed by atoms with Crippen LogP contribution in [0.25, 0.3) is 0 Å². The largest absolute Gasteiger partial charge is 0.462 e. The van der Waals surface area contributed by atoms with Gasteiger partial charge in [-0.15, -0.1) is 0 Å². The second-order valence-electron chi connectivity index (χ2n) is 6.09. The van der Waals surface area contributed by atoms with Gasteiger partial charge in [0.05, 0.1) is 17.9 Å². The average Bonchev–Trinajstić information content (AvgIpc) is 2.74. The first kappa shape index (κ1) is 19.3. The fraction of sp³-hybridized carbons (Fsp3) is 0.316. The van der Waals surface area contributed by atoms with Crippen LogP contribution in [-0.4, -0.2) is 70.8 Å². The molecule has 1 aromatic carbocycles. The molecule has 0 atom stereocenters. The smallest absolute Gasteiger partial charge is 0.340 e. The normalized spacial score (nSPS) is 13.8. The molecule has 0 radical (unpaired) electrons. The van der Waals surface area contributed by atoms with Crippen molar-refractivity contribution in [1.82, 2.24) is 19.8 Å². The Morgan fingerprint density at radius 3 is 2.64 bits per heavy atom. The topological polar surface area (TPSA) is 105 Å². The quantitative estimate of drug-likeness (QED) is 0.592. The van der Waals surface area contributed by atoms with E-state index in [-0.39, 0.29) is 24.2 Å². The third kappa shape index (κ3) is 4.43. The number of anilines is 2. The van der Waals surface area contributed by atoms with E-state index in [2.05, 4.69) is 15.3 Å². The lowest BCUT2D eigenvalue weighted by Gasteiger charge is -2.32. The monoisotopic (exact) mass is 383 g/mol. The molecule has 0 spiro atoms. The van der Waals surface area contributed by atoms with Crippen LogP contribution in [0, 0.1) is 0 Å². The van der Waals surface area contributed by atoms with Crippen LogP contribution in [0.4, 0.5) is 11.6 Å². The molecule has 3 rings (SSSR count). The molecule has 1 aliphatic rings. The minimum absolute atomic E-state index is 0.203. The molecule has 1 aliphatic heterocycles. The summed E-state index contributed by atoms with van der Waals surface area (Å²) in [5, 5.41) is 2.98. The van der Waals surface area contributed by atoms with E-state index < -0.39 is 5.97 Å². The van der Waals surface area contributed by atoms with Crippen LogP contribution >= 0.6 is 0 Å². The zero-order valence-corrected chi connectivity index (χ0v) is 15.5. The van der Waals surface area contributed by atoms with Crippen LogP contribution in [0.15, 0.2) is 36.5 Å². The van der Waals surface area contributed by atoms with Crippen LogP contribution in [0.5, 0.6) is 0 Å². The fourth-order valence-corrected chi connectivity index (χ4v) is 2.83. The van der Waals surface area contributed by atoms with E-state index >= 15 is 0 Å². The van der Waals surface area contributed by atoms with Gasteiger partial charge in [-0.1, -0.05) is 12.1 Å². The van der Waals surface area contributed by atoms with Gasteiger partial charge in [-0.05, 0) is 25.1 Å². The number of aromatic nitrogens is 2. The highest BCUT2D eigenvalue weighted by Gasteiger charge is 2.22. The SMILES string of the molecule is CCOC(=O)c1ccccc1Nc1nccc(C(=O)N2CCN(C=O)CC2)n1. The molecule has 0 saturated carbocycles. The number of esters is 1. The van der Waals surface area contributed by atoms with Gasteiger partial charge in [0.25, 0.3) is 5.91 Å². The summed E-state index contributed by atoms with van der Waals surface area (Å²) in [6.07, 6.45) is 2.27. The molecular formula is C19H21N5O4. The predicted octanol–water partition coefficient (Wildman–Crippen LogP) is 1.31. The highest BCUT2D eigenvalue weighted by atomic mass is 16.5. The number of rotatable bonds is 6. The molecule has 9 nitrogen and oxygen atoms in total. The molecule has 2 amide bonds. The second-order valence-corrected chi connectivity index (χ2v) is 6.09. The van der Waals surface area contributed by atoms with E-state index in [0.717, 1.165) is 6.41 Å². The Bertz CT molecular complexity index is 865. The number of amides is 2. The van der Waals surface area contributed by atoms with Crippen LogP contribution in [0.1, 0.15) is 27.8 Å². The Hall–Kier alpha value is -3.49. The Morgan fingerprint density at radius 1 is 1.18 bits per heavy atom. The molecule has 1 N–H and O–H groups in total. The number of carbonyl (C=O) groups is 3. The van der Waals surface area contributed by atoms with Gasteiger partial charge >= 0.3 is 5.97 Å². The summed E-state index contributed by atoms with van der Waals surface area (Å²) in [6.45, 7) is 3.91. The van der Waals surface area contributed by atoms with Gasteiger partial charge < -0.3 is 19.9 Å². The van der Waals surface area contributed by atoms with Gasteiger partial charge in [-0.3, -0.25) is 9.59 Å². The molecule has 0 unspecified atom stereocenters. The minimum Gasteiger partial charge on any atom is -0.462 e. The maximum Gasteiger partial charge on any atom is 0.340 e. The first-order valence-electron chi connectivity index (χ1n) is 8.97. The van der Waals surface area contributed by atoms with Gasteiger partial charge in [0, 0.05) is 32.4 Å². The Morgan fingerprint density at radius 2 is 1.93 bits per heavy atom. The highest BCUT2D eigenvalue weighted by Crippen LogP contribution is 2.20. The van der Waals surface area contributed by atoms with Crippen LogP contribution in [-0.2, 0) is 9.53 Å². The Labute approximate surface area is 162 Å². The van der Waals surface area contributed by atoms with Gasteiger partial charge in [-0.2, -0.15) is 0 Å². The standard InChI is InChI=1S/C19H21N5O4/c1-2-28-18(27)14-5-3-4-6-15(14)21-19-20-8-7-16(22-19)17(26)24-11-9-23(13-25)10-12-24/h3-8,13H,2,9-12H2,1H3,(H,20,21,22). The maximum absolute atomic E-state index is 12.7. The van der Waals surface area contributed by atoms with E-state index in [1.165, 1.54) is 12.3 Å². The van der Waals surface area contributed by atoms with Crippen molar-refractivity contribution in [2.45, 2.75) is 6.92 Å². The molecule has 0 aliphatic carbocycles. The summed E-state index contributed by atoms with van der Waals surface area (Å²) in [4.78, 5) is 47.3. The van der Waals surface area contributed by atoms with Crippen LogP contribution in [0.2, 0.25) is 0 Å². The van der Waals surface area contributed by atoms with E-state index in [4.69, 9.17) is 4.74 Å². The summed E-state index contributed by atoms with van der Waals surface area (Å²) >= 11 is 0. The maximum atomic E-state index is 12.7. The summed E-state index contributed by atoms with van der Waals surface area (Å²) in [5.74, 6) is -0.477. The fourth-order valence-electron chi connectivity index (χ4n) is 2.83. The molecule has 1 saturated heterocycles. The highest BCUT2D eigenvalue weighted by molar-refractivity contribution is 5.96. The van der Waals surface area contributed by atoms with Crippen LogP contribution in [0.3, 0.4) is 0 Å². The number of nitrogens with one attached hydrogen (secondary N) is 1. The van der Waals surface area contributed by atoms with Crippen molar-refractivity contribution in [3.05, 3.63) is 47.8 Å². The lowest BCUT2D eigenvalue weighted by Crippen LogP contribution is -2.48. The van der Waals surface area contributed by atoms with E-state index in [0.29, 0.717) is 37.4 Å². The molecule has 9 heteroatoms. The van der Waals surface area contributed by atoms with Crippen molar-refractivity contribution >= 4 is 29.9 Å². The second kappa shape index (κ2) is 8.94. The molecule has 1 aromatic heterocycles. The van der Waals surface area contributed by atoms with Crippen molar-refractivity contribution in [3.8, 4) is 0 Å². The van der Waals surface area contributed by atoms with Gasteiger partial charge in [0.15, 0.2) is 0 Å². The van der Waals surface area contributed by atoms with Crippen molar-refractivity contribution in [1.29, 1.82) is 0 Å². The van der Waals surface area contributed by atoms with Crippen molar-refractivity contribution in [3.63, 3.8) is 0 Å². The lowest BCUT2D eigenvalue weighted by atomic mass is 10.2. The number of carbonyl (C=O) groups excluding carboxylic acids is 3. The van der Waals surface area contributed by atoms with Gasteiger partial charge in [0.1, 0.15) is 5.69 Å². The van der Waals surface area contributed by atoms with Crippen molar-refractivity contribution in [2.75, 3.05) is 38.1 Å². The van der Waals surface area contributed by atoms with Gasteiger partial charge in [0.2, 0.25) is 12.4 Å².